The van der Waals surface area contributed by atoms with Gasteiger partial charge in [0.2, 0.25) is 0 Å². The molecule has 0 rings (SSSR count). The van der Waals surface area contributed by atoms with E-state index in [0.29, 0.717) is 19.3 Å². The maximum Gasteiger partial charge on any atom is 0.306 e. The Hall–Kier alpha value is -2.63. The largest absolute Gasteiger partial charge is 0.462 e. The van der Waals surface area contributed by atoms with Gasteiger partial charge in [0, 0.05) is 19.3 Å². The van der Waals surface area contributed by atoms with Crippen molar-refractivity contribution in [2.45, 2.75) is 348 Å². The summed E-state index contributed by atoms with van der Waals surface area (Å²) in [7, 11) is 0. The molecule has 0 aliphatic heterocycles. The Labute approximate surface area is 454 Å². The topological polar surface area (TPSA) is 78.9 Å². The van der Waals surface area contributed by atoms with Crippen molar-refractivity contribution < 1.29 is 28.6 Å². The summed E-state index contributed by atoms with van der Waals surface area (Å²) in [5.74, 6) is -0.888. The third-order valence-electron chi connectivity index (χ3n) is 14.3. The van der Waals surface area contributed by atoms with E-state index in [1.807, 2.05) is 0 Å². The van der Waals surface area contributed by atoms with Crippen LogP contribution in [0.3, 0.4) is 0 Å². The first-order chi connectivity index (χ1) is 36.0. The first-order valence-corrected chi connectivity index (χ1v) is 32.1. The van der Waals surface area contributed by atoms with Crippen molar-refractivity contribution >= 4 is 17.9 Å². The van der Waals surface area contributed by atoms with Crippen LogP contribution in [0, 0.1) is 0 Å². The van der Waals surface area contributed by atoms with E-state index >= 15 is 0 Å². The van der Waals surface area contributed by atoms with E-state index < -0.39 is 6.10 Å². The van der Waals surface area contributed by atoms with E-state index in [0.717, 1.165) is 103 Å². The van der Waals surface area contributed by atoms with Gasteiger partial charge < -0.3 is 14.2 Å². The van der Waals surface area contributed by atoms with E-state index in [9.17, 15) is 14.4 Å². The lowest BCUT2D eigenvalue weighted by Gasteiger charge is -2.18. The molecule has 0 aliphatic rings. The Morgan fingerprint density at radius 2 is 0.534 bits per heavy atom. The lowest BCUT2D eigenvalue weighted by molar-refractivity contribution is -0.167. The molecule has 0 aromatic rings. The molecule has 0 amide bonds. The molecular weight excluding hydrogens is 901 g/mol. The van der Waals surface area contributed by atoms with Crippen molar-refractivity contribution in [3.05, 3.63) is 48.6 Å². The molecule has 0 saturated heterocycles. The van der Waals surface area contributed by atoms with Crippen LogP contribution in [-0.4, -0.2) is 37.2 Å². The molecule has 1 unspecified atom stereocenters. The summed E-state index contributed by atoms with van der Waals surface area (Å²) < 4.78 is 16.9. The van der Waals surface area contributed by atoms with Gasteiger partial charge in [0.1, 0.15) is 13.2 Å². The van der Waals surface area contributed by atoms with Crippen LogP contribution in [-0.2, 0) is 28.6 Å². The molecule has 0 saturated carbocycles. The van der Waals surface area contributed by atoms with Crippen molar-refractivity contribution in [3.8, 4) is 0 Å². The average Bonchev–Trinajstić information content (AvgIpc) is 3.39. The highest BCUT2D eigenvalue weighted by atomic mass is 16.6. The van der Waals surface area contributed by atoms with Crippen molar-refractivity contribution in [1.29, 1.82) is 0 Å². The van der Waals surface area contributed by atoms with Gasteiger partial charge in [-0.2, -0.15) is 0 Å². The molecule has 0 fully saturated rings. The predicted octanol–water partition coefficient (Wildman–Crippen LogP) is 21.8. The van der Waals surface area contributed by atoms with E-state index in [-0.39, 0.29) is 31.1 Å². The standard InChI is InChI=1S/C67H122O6/c1-4-7-10-13-16-19-22-25-27-28-29-30-31-32-33-34-35-36-37-38-40-42-45-48-51-54-57-60-66(69)72-63-64(62-71-65(68)59-56-53-50-47-44-41-24-21-18-15-12-9-6-3)73-67(70)61-58-55-52-49-46-43-39-26-23-20-17-14-11-8-5-2/h8,11,17,20-21,24,26,39,64H,4-7,9-10,12-16,18-19,22-23,25,27-38,40-63H2,1-3H3/b11-8-,20-17-,24-21-,39-26-. The molecule has 426 valence electrons. The Morgan fingerprint density at radius 3 is 0.863 bits per heavy atom. The van der Waals surface area contributed by atoms with E-state index in [4.69, 9.17) is 14.2 Å². The zero-order valence-electron chi connectivity index (χ0n) is 48.9. The molecule has 0 N–H and O–H groups in total. The highest BCUT2D eigenvalue weighted by molar-refractivity contribution is 5.71. The van der Waals surface area contributed by atoms with Gasteiger partial charge in [0.05, 0.1) is 0 Å². The number of carbonyl (C=O) groups is 3. The molecule has 0 aromatic heterocycles. The van der Waals surface area contributed by atoms with Gasteiger partial charge in [-0.05, 0) is 77.0 Å². The molecule has 6 nitrogen and oxygen atoms in total. The third kappa shape index (κ3) is 60.1. The Morgan fingerprint density at radius 1 is 0.288 bits per heavy atom. The summed E-state index contributed by atoms with van der Waals surface area (Å²) in [6, 6.07) is 0. The third-order valence-corrected chi connectivity index (χ3v) is 14.3. The smallest absolute Gasteiger partial charge is 0.306 e. The minimum atomic E-state index is -0.784. The van der Waals surface area contributed by atoms with Crippen LogP contribution >= 0.6 is 0 Å². The molecule has 0 aromatic carbocycles. The normalized spacial score (nSPS) is 12.3. The minimum absolute atomic E-state index is 0.0796. The number of rotatable bonds is 59. The first-order valence-electron chi connectivity index (χ1n) is 32.1. The molecular formula is C67H122O6. The number of carbonyl (C=O) groups excluding carboxylic acids is 3. The highest BCUT2D eigenvalue weighted by Gasteiger charge is 2.19. The van der Waals surface area contributed by atoms with Crippen LogP contribution in [0.1, 0.15) is 342 Å². The number of allylic oxidation sites excluding steroid dienone is 8. The Kier molecular flexibility index (Phi) is 59.7. The van der Waals surface area contributed by atoms with Gasteiger partial charge >= 0.3 is 17.9 Å². The van der Waals surface area contributed by atoms with E-state index in [1.165, 1.54) is 199 Å². The maximum absolute atomic E-state index is 12.9. The molecule has 0 aliphatic carbocycles. The minimum Gasteiger partial charge on any atom is -0.462 e. The summed E-state index contributed by atoms with van der Waals surface area (Å²) in [4.78, 5) is 38.2. The van der Waals surface area contributed by atoms with Crippen LogP contribution in [0.15, 0.2) is 48.6 Å². The summed E-state index contributed by atoms with van der Waals surface area (Å²) >= 11 is 0. The van der Waals surface area contributed by atoms with Crippen LogP contribution < -0.4 is 0 Å². The van der Waals surface area contributed by atoms with Gasteiger partial charge in [0.25, 0.3) is 0 Å². The predicted molar refractivity (Wildman–Crippen MR) is 316 cm³/mol. The molecule has 0 bridgehead atoms. The van der Waals surface area contributed by atoms with Crippen molar-refractivity contribution in [2.24, 2.45) is 0 Å². The Bertz CT molecular complexity index is 1270. The van der Waals surface area contributed by atoms with Crippen LogP contribution in [0.4, 0.5) is 0 Å². The first kappa shape index (κ1) is 70.4. The molecule has 0 spiro atoms. The van der Waals surface area contributed by atoms with Crippen molar-refractivity contribution in [1.82, 2.24) is 0 Å². The molecule has 0 heterocycles. The van der Waals surface area contributed by atoms with Crippen LogP contribution in [0.25, 0.3) is 0 Å². The maximum atomic E-state index is 12.9. The van der Waals surface area contributed by atoms with Gasteiger partial charge in [-0.15, -0.1) is 0 Å². The molecule has 6 heteroatoms. The van der Waals surface area contributed by atoms with Crippen LogP contribution in [0.5, 0.6) is 0 Å². The zero-order valence-corrected chi connectivity index (χ0v) is 48.9. The lowest BCUT2D eigenvalue weighted by atomic mass is 10.0. The fourth-order valence-electron chi connectivity index (χ4n) is 9.51. The monoisotopic (exact) mass is 1020 g/mol. The second-order valence-electron chi connectivity index (χ2n) is 21.6. The lowest BCUT2D eigenvalue weighted by Crippen LogP contribution is -2.30. The van der Waals surface area contributed by atoms with Crippen molar-refractivity contribution in [3.63, 3.8) is 0 Å². The van der Waals surface area contributed by atoms with Crippen LogP contribution in [0.2, 0.25) is 0 Å². The number of hydrogen-bond acceptors (Lipinski definition) is 6. The van der Waals surface area contributed by atoms with E-state index in [1.54, 1.807) is 0 Å². The number of hydrogen-bond donors (Lipinski definition) is 0. The second-order valence-corrected chi connectivity index (χ2v) is 21.6. The summed E-state index contributed by atoms with van der Waals surface area (Å²) in [5, 5.41) is 0. The van der Waals surface area contributed by atoms with Crippen molar-refractivity contribution in [2.75, 3.05) is 13.2 Å². The number of ether oxygens (including phenoxy) is 3. The fraction of sp³-hybridized carbons (Fsp3) is 0.836. The highest BCUT2D eigenvalue weighted by Crippen LogP contribution is 2.18. The quantitative estimate of drug-likeness (QED) is 0.0261. The van der Waals surface area contributed by atoms with Gasteiger partial charge in [-0.3, -0.25) is 14.4 Å². The summed E-state index contributed by atoms with van der Waals surface area (Å²) in [6.45, 7) is 6.54. The average molecular weight is 1020 g/mol. The van der Waals surface area contributed by atoms with Gasteiger partial charge in [-0.1, -0.05) is 294 Å². The van der Waals surface area contributed by atoms with Gasteiger partial charge in [0.15, 0.2) is 6.10 Å². The Balaban J connectivity index is 4.20. The summed E-state index contributed by atoms with van der Waals surface area (Å²) in [5.41, 5.74) is 0. The van der Waals surface area contributed by atoms with E-state index in [2.05, 4.69) is 69.4 Å². The van der Waals surface area contributed by atoms with Gasteiger partial charge in [-0.25, -0.2) is 0 Å². The number of unbranched alkanes of at least 4 members (excludes halogenated alkanes) is 40. The number of esters is 3. The zero-order chi connectivity index (χ0) is 52.9. The fourth-order valence-corrected chi connectivity index (χ4v) is 9.51. The summed E-state index contributed by atoms with van der Waals surface area (Å²) in [6.07, 6.45) is 77.1. The SMILES string of the molecule is CC/C=C\C/C=C\C/C=C\CCCCCCCC(=O)OC(COC(=O)CCCCCCC/C=C\CCCCCC)COC(=O)CCCCCCCCCCCCCCCCCCCCCCCCCCCCC. The molecule has 73 heavy (non-hydrogen) atoms. The molecule has 1 atom stereocenters. The molecule has 0 radical (unpaired) electrons. The second kappa shape index (κ2) is 61.9.